The van der Waals surface area contributed by atoms with Gasteiger partial charge in [0.15, 0.2) is 0 Å². The summed E-state index contributed by atoms with van der Waals surface area (Å²) in [4.78, 5) is 50.6. The quantitative estimate of drug-likeness (QED) is 0.122. The zero-order valence-corrected chi connectivity index (χ0v) is 62.4. The third-order valence-electron chi connectivity index (χ3n) is 22.4. The molecule has 116 heavy (non-hydrogen) atoms. The van der Waals surface area contributed by atoms with Crippen molar-refractivity contribution in [2.24, 2.45) is 0 Å². The Morgan fingerprint density at radius 2 is 0.440 bits per heavy atom. The summed E-state index contributed by atoms with van der Waals surface area (Å²) in [7, 11) is 0. The van der Waals surface area contributed by atoms with Crippen LogP contribution >= 0.6 is 0 Å². The number of aromatic nitrogens is 10. The highest BCUT2D eigenvalue weighted by atomic mass is 14.8. The fraction of sp³-hybridized carbons (Fsp3) is 0. The molecule has 0 aliphatic rings. The molecule has 0 atom stereocenters. The predicted octanol–water partition coefficient (Wildman–Crippen LogP) is 26.7. The predicted molar refractivity (Wildman–Crippen MR) is 478 cm³/mol. The highest BCUT2D eigenvalue weighted by molar-refractivity contribution is 6.09. The van der Waals surface area contributed by atoms with Crippen molar-refractivity contribution in [2.75, 3.05) is 0 Å². The molecular formula is C106H64N10. The monoisotopic (exact) mass is 1480 g/mol. The van der Waals surface area contributed by atoms with Gasteiger partial charge in [0.25, 0.3) is 0 Å². The van der Waals surface area contributed by atoms with Crippen molar-refractivity contribution in [2.45, 2.75) is 0 Å². The molecule has 0 aliphatic heterocycles. The molecule has 0 amide bonds. The second kappa shape index (κ2) is 28.2. The lowest BCUT2D eigenvalue weighted by Crippen LogP contribution is -1.92. The second-order valence-electron chi connectivity index (χ2n) is 29.4. The Bertz CT molecular complexity index is 7900. The van der Waals surface area contributed by atoms with Crippen molar-refractivity contribution < 1.29 is 0 Å². The average molecular weight is 1480 g/mol. The number of hydrogen-bond donors (Lipinski definition) is 0. The molecule has 23 rings (SSSR count). The van der Waals surface area contributed by atoms with Crippen molar-refractivity contribution in [3.63, 3.8) is 0 Å². The Hall–Kier alpha value is -15.8. The van der Waals surface area contributed by atoms with E-state index in [1.807, 2.05) is 85.2 Å². The van der Waals surface area contributed by atoms with E-state index < -0.39 is 0 Å². The maximum Gasteiger partial charge on any atom is 0.0972 e. The van der Waals surface area contributed by atoms with E-state index in [4.69, 9.17) is 44.9 Å². The first-order valence-electron chi connectivity index (χ1n) is 38.9. The minimum Gasteiger partial charge on any atom is -0.263 e. The Morgan fingerprint density at radius 1 is 0.138 bits per heavy atom. The lowest BCUT2D eigenvalue weighted by Gasteiger charge is -2.13. The minimum atomic E-state index is 0.849. The first-order valence-corrected chi connectivity index (χ1v) is 38.9. The third kappa shape index (κ3) is 12.4. The summed E-state index contributed by atoms with van der Waals surface area (Å²) >= 11 is 0. The molecule has 0 N–H and O–H groups in total. The van der Waals surface area contributed by atoms with Gasteiger partial charge in [-0.3, -0.25) is 4.98 Å². The van der Waals surface area contributed by atoms with Crippen molar-refractivity contribution in [3.05, 3.63) is 389 Å². The van der Waals surface area contributed by atoms with E-state index >= 15 is 0 Å². The third-order valence-corrected chi connectivity index (χ3v) is 22.4. The van der Waals surface area contributed by atoms with Gasteiger partial charge in [0.2, 0.25) is 0 Å². The van der Waals surface area contributed by atoms with Crippen LogP contribution < -0.4 is 0 Å². The van der Waals surface area contributed by atoms with Crippen LogP contribution in [0.5, 0.6) is 0 Å². The van der Waals surface area contributed by atoms with Crippen LogP contribution in [-0.4, -0.2) is 49.8 Å². The molecule has 538 valence electrons. The Kier molecular flexibility index (Phi) is 16.3. The van der Waals surface area contributed by atoms with Crippen LogP contribution in [-0.2, 0) is 0 Å². The standard InChI is InChI=1S/C55H33N5.C51H31N5/c1-2-8-34(9-3-1)48-27-22-37-16-17-38-23-29-50(60-55(38)54(37)59-48)46-25-24-43(44-12-6-7-13-45(44)46)39-18-14-35-20-26-49(57-52(35)30-39)40-19-15-36-21-28-51(58-53(36)31-40)47-33-56-32-41-10-4-5-11-42(41)47;1-2-6-33(7-3-1)43-26-23-38-16-17-39-24-27-44(56-51(39)50(38)55-43)35-12-10-32(11-13-35)40-18-14-36-20-25-45(53-48(36)30-40)41-19-15-37-22-29-47(54-49(37)31-41)46-28-21-34-8-4-5-9-42(34)52-46/h1-33H;1-31H. The molecule has 10 heterocycles. The fourth-order valence-electron chi connectivity index (χ4n) is 16.3. The number of hydrogen-bond acceptors (Lipinski definition) is 10. The van der Waals surface area contributed by atoms with Gasteiger partial charge < -0.3 is 0 Å². The van der Waals surface area contributed by atoms with E-state index in [1.54, 1.807) is 0 Å². The van der Waals surface area contributed by atoms with Crippen LogP contribution in [0.25, 0.3) is 232 Å². The van der Waals surface area contributed by atoms with Crippen molar-refractivity contribution in [1.82, 2.24) is 49.8 Å². The first kappa shape index (κ1) is 67.1. The summed E-state index contributed by atoms with van der Waals surface area (Å²) in [6, 6.07) is 131. The first-order chi connectivity index (χ1) is 57.4. The fourth-order valence-corrected chi connectivity index (χ4v) is 16.3. The number of rotatable bonds is 10. The van der Waals surface area contributed by atoms with E-state index in [-0.39, 0.29) is 0 Å². The average Bonchev–Trinajstić information content (AvgIpc) is 0.748. The summed E-state index contributed by atoms with van der Waals surface area (Å²) in [5.41, 5.74) is 28.3. The Morgan fingerprint density at radius 3 is 0.966 bits per heavy atom. The van der Waals surface area contributed by atoms with Gasteiger partial charge >= 0.3 is 0 Å². The molecular weight excluding hydrogens is 1410 g/mol. The van der Waals surface area contributed by atoms with Gasteiger partial charge in [-0.05, 0) is 123 Å². The van der Waals surface area contributed by atoms with Crippen LogP contribution in [0.4, 0.5) is 0 Å². The highest BCUT2D eigenvalue weighted by Crippen LogP contribution is 2.40. The summed E-state index contributed by atoms with van der Waals surface area (Å²) < 4.78 is 0. The zero-order chi connectivity index (χ0) is 76.6. The van der Waals surface area contributed by atoms with Crippen molar-refractivity contribution >= 4 is 120 Å². The van der Waals surface area contributed by atoms with Crippen LogP contribution in [0, 0.1) is 0 Å². The molecule has 23 aromatic rings. The van der Waals surface area contributed by atoms with Crippen molar-refractivity contribution in [3.8, 4) is 112 Å². The Labute approximate surface area is 666 Å². The van der Waals surface area contributed by atoms with Crippen LogP contribution in [0.2, 0.25) is 0 Å². The topological polar surface area (TPSA) is 129 Å². The van der Waals surface area contributed by atoms with E-state index in [1.165, 1.54) is 0 Å². The molecule has 0 unspecified atom stereocenters. The summed E-state index contributed by atoms with van der Waals surface area (Å²) in [6.07, 6.45) is 3.80. The lowest BCUT2D eigenvalue weighted by molar-refractivity contribution is 1.32. The molecule has 0 bridgehead atoms. The van der Waals surface area contributed by atoms with E-state index in [0.717, 1.165) is 232 Å². The summed E-state index contributed by atoms with van der Waals surface area (Å²) in [5.74, 6) is 0. The molecule has 0 spiro atoms. The van der Waals surface area contributed by atoms with Crippen LogP contribution in [0.1, 0.15) is 0 Å². The maximum absolute atomic E-state index is 5.31. The van der Waals surface area contributed by atoms with Crippen molar-refractivity contribution in [1.29, 1.82) is 0 Å². The smallest absolute Gasteiger partial charge is 0.0972 e. The molecule has 10 nitrogen and oxygen atoms in total. The Balaban J connectivity index is 0.000000141. The molecule has 0 radical (unpaired) electrons. The molecule has 10 aromatic heterocycles. The van der Waals surface area contributed by atoms with Gasteiger partial charge in [0.1, 0.15) is 0 Å². The van der Waals surface area contributed by atoms with Crippen LogP contribution in [0.15, 0.2) is 389 Å². The maximum atomic E-state index is 5.31. The van der Waals surface area contributed by atoms with Gasteiger partial charge in [-0.1, -0.05) is 291 Å². The number of pyridine rings is 10. The number of fused-ring (bicyclic) bond motifs is 13. The van der Waals surface area contributed by atoms with Gasteiger partial charge in [-0.15, -0.1) is 0 Å². The summed E-state index contributed by atoms with van der Waals surface area (Å²) in [5, 5.41) is 14.3. The lowest BCUT2D eigenvalue weighted by atomic mass is 9.93. The normalized spacial score (nSPS) is 11.6. The van der Waals surface area contributed by atoms with Gasteiger partial charge in [-0.2, -0.15) is 0 Å². The number of nitrogens with zero attached hydrogens (tertiary/aromatic N) is 10. The second-order valence-corrected chi connectivity index (χ2v) is 29.4. The van der Waals surface area contributed by atoms with Gasteiger partial charge in [0, 0.05) is 105 Å². The molecule has 13 aromatic carbocycles. The molecule has 10 heteroatoms. The zero-order valence-electron chi connectivity index (χ0n) is 62.4. The molecule has 0 aliphatic carbocycles. The molecule has 0 saturated carbocycles. The number of benzene rings is 13. The largest absolute Gasteiger partial charge is 0.263 e. The van der Waals surface area contributed by atoms with E-state index in [9.17, 15) is 0 Å². The van der Waals surface area contributed by atoms with E-state index in [2.05, 4.69) is 308 Å². The number of para-hydroxylation sites is 1. The van der Waals surface area contributed by atoms with Gasteiger partial charge in [-0.25, -0.2) is 44.9 Å². The van der Waals surface area contributed by atoms with E-state index in [0.29, 0.717) is 0 Å². The summed E-state index contributed by atoms with van der Waals surface area (Å²) in [6.45, 7) is 0. The molecule has 0 fully saturated rings. The minimum absolute atomic E-state index is 0.849. The van der Waals surface area contributed by atoms with Gasteiger partial charge in [0.05, 0.1) is 101 Å². The molecule has 0 saturated heterocycles. The SMILES string of the molecule is c1ccc(-c2ccc3ccc4ccc(-c5ccc(-c6ccc7ccc(-c8ccc9ccc(-c%10ccc%11ccccc%11n%10)nc9c8)nc7c6)cc5)nc4c3n2)cc1.c1ccc(-c2ccc3ccc4ccc(-c5ccc(-c6ccc7ccc(-c8ccc9ccc(-c%10cncc%11ccccc%10%11)nc9c8)nc7c6)c6ccccc56)nc4c3n2)cc1. The van der Waals surface area contributed by atoms with Crippen LogP contribution in [0.3, 0.4) is 0 Å². The highest BCUT2D eigenvalue weighted by Gasteiger charge is 2.18.